The molecule has 0 aromatic heterocycles. The normalized spacial score (nSPS) is 20.7. The van der Waals surface area contributed by atoms with Crippen LogP contribution in [0.3, 0.4) is 0 Å². The van der Waals surface area contributed by atoms with E-state index in [-0.39, 0.29) is 22.8 Å². The van der Waals surface area contributed by atoms with Crippen molar-refractivity contribution in [3.8, 4) is 0 Å². The van der Waals surface area contributed by atoms with Gasteiger partial charge >= 0.3 is 242 Å². The second-order valence-electron chi connectivity index (χ2n) is 12.7. The first kappa shape index (κ1) is 30.6. The van der Waals surface area contributed by atoms with Crippen molar-refractivity contribution in [2.24, 2.45) is 5.41 Å². The molecule has 1 aliphatic heterocycles. The number of carbonyl (C=O) groups excluding carboxylic acids is 1. The molecule has 1 N–H and O–H groups in total. The van der Waals surface area contributed by atoms with Crippen LogP contribution in [0.1, 0.15) is 53.9 Å². The third-order valence-corrected chi connectivity index (χ3v) is 13.7. The molecular weight excluding hydrogens is 515 g/mol. The van der Waals surface area contributed by atoms with Gasteiger partial charge in [0.05, 0.1) is 0 Å². The van der Waals surface area contributed by atoms with Gasteiger partial charge in [0.25, 0.3) is 0 Å². The zero-order valence-corrected chi connectivity index (χ0v) is 26.0. The van der Waals surface area contributed by atoms with Crippen molar-refractivity contribution >= 4 is 28.3 Å². The molecule has 1 aliphatic rings. The molecule has 1 atom stereocenters. The summed E-state index contributed by atoms with van der Waals surface area (Å²) < 4.78 is 13.7. The topological polar surface area (TPSA) is 50.8 Å². The third-order valence-electron chi connectivity index (χ3n) is 8.00. The summed E-state index contributed by atoms with van der Waals surface area (Å²) in [6, 6.07) is 30.8. The minimum absolute atomic E-state index is 0.188. The van der Waals surface area contributed by atoms with Crippen molar-refractivity contribution < 1.29 is 14.1 Å². The van der Waals surface area contributed by atoms with Crippen LogP contribution < -0.4 is 21.2 Å². The Balaban J connectivity index is 1.87. The maximum atomic E-state index is 15.0. The number of carbonyl (C=O) groups is 1. The van der Waals surface area contributed by atoms with E-state index in [1.54, 1.807) is 0 Å². The SMILES string of the molecule is CN(CCC(C)(C)C1NCCCC(=O)P(c2ccccc2)(c2ccccc2)(c2ccccc2)O1)COC(C)(C)C. The summed E-state index contributed by atoms with van der Waals surface area (Å²) >= 11 is 0. The van der Waals surface area contributed by atoms with Crippen molar-refractivity contribution in [1.29, 1.82) is 0 Å². The molecular formula is C34H47N2O3P. The zero-order valence-electron chi connectivity index (χ0n) is 25.1. The fraction of sp³-hybridized carbons (Fsp3) is 0.441. The first-order valence-corrected chi connectivity index (χ1v) is 16.6. The Bertz CT molecular complexity index is 1140. The van der Waals surface area contributed by atoms with E-state index >= 15 is 4.79 Å². The van der Waals surface area contributed by atoms with Gasteiger partial charge in [-0.3, -0.25) is 0 Å². The summed E-state index contributed by atoms with van der Waals surface area (Å²) in [7, 11) is 2.09. The summed E-state index contributed by atoms with van der Waals surface area (Å²) in [5, 5.41) is 6.62. The van der Waals surface area contributed by atoms with Crippen molar-refractivity contribution in [2.45, 2.75) is 65.7 Å². The second-order valence-corrected chi connectivity index (χ2v) is 17.0. The molecule has 3 aromatic carbocycles. The quantitative estimate of drug-likeness (QED) is 0.264. The van der Waals surface area contributed by atoms with Crippen LogP contribution >= 0.6 is 6.83 Å². The molecule has 0 amide bonds. The molecule has 0 spiro atoms. The first-order valence-electron chi connectivity index (χ1n) is 14.5. The number of benzene rings is 3. The van der Waals surface area contributed by atoms with Gasteiger partial charge in [-0.15, -0.1) is 0 Å². The Morgan fingerprint density at radius 3 is 1.77 bits per heavy atom. The van der Waals surface area contributed by atoms with Crippen LogP contribution in [0.25, 0.3) is 0 Å². The van der Waals surface area contributed by atoms with Crippen molar-refractivity contribution in [2.75, 3.05) is 26.9 Å². The average molecular weight is 563 g/mol. The summed E-state index contributed by atoms with van der Waals surface area (Å²) in [5.74, 6) is 0. The average Bonchev–Trinajstić information content (AvgIpc) is 2.95. The van der Waals surface area contributed by atoms with Gasteiger partial charge < -0.3 is 0 Å². The van der Waals surface area contributed by atoms with E-state index in [1.165, 1.54) is 0 Å². The molecule has 0 bridgehead atoms. The van der Waals surface area contributed by atoms with Crippen LogP contribution in [0.2, 0.25) is 0 Å². The van der Waals surface area contributed by atoms with Gasteiger partial charge in [0, 0.05) is 0 Å². The Morgan fingerprint density at radius 2 is 1.32 bits per heavy atom. The van der Waals surface area contributed by atoms with E-state index in [4.69, 9.17) is 9.26 Å². The van der Waals surface area contributed by atoms with Gasteiger partial charge in [-0.1, -0.05) is 0 Å². The summed E-state index contributed by atoms with van der Waals surface area (Å²) in [5.41, 5.74) is -0.283. The molecule has 0 saturated carbocycles. The molecule has 0 radical (unpaired) electrons. The van der Waals surface area contributed by atoms with E-state index in [9.17, 15) is 0 Å². The van der Waals surface area contributed by atoms with Crippen LogP contribution in [0, 0.1) is 5.41 Å². The van der Waals surface area contributed by atoms with Gasteiger partial charge in [0.1, 0.15) is 0 Å². The standard InChI is InChI=1S/C34H47N2O3P/c1-33(2,3)38-27-36(6)26-24-34(4,5)32-35-25-16-23-31(37)40(39-32,28-17-10-7-11-18-28,29-19-12-8-13-20-29)30-21-14-9-15-22-30/h7-15,17-22,32,35H,16,23-27H2,1-6H3. The van der Waals surface area contributed by atoms with E-state index in [0.29, 0.717) is 13.2 Å². The van der Waals surface area contributed by atoms with Gasteiger partial charge in [-0.05, 0) is 0 Å². The predicted molar refractivity (Wildman–Crippen MR) is 169 cm³/mol. The molecule has 4 rings (SSSR count). The Hall–Kier alpha value is -2.40. The number of nitrogens with zero attached hydrogens (tertiary/aromatic N) is 1. The molecule has 1 fully saturated rings. The van der Waals surface area contributed by atoms with Gasteiger partial charge in [-0.25, -0.2) is 0 Å². The van der Waals surface area contributed by atoms with E-state index in [0.717, 1.165) is 41.8 Å². The van der Waals surface area contributed by atoms with Gasteiger partial charge in [0.2, 0.25) is 0 Å². The second kappa shape index (κ2) is 12.2. The zero-order chi connectivity index (χ0) is 28.9. The number of rotatable bonds is 9. The van der Waals surface area contributed by atoms with Crippen LogP contribution in [0.15, 0.2) is 91.0 Å². The van der Waals surface area contributed by atoms with Crippen LogP contribution in [-0.2, 0) is 14.1 Å². The molecule has 216 valence electrons. The Morgan fingerprint density at radius 1 is 0.850 bits per heavy atom. The van der Waals surface area contributed by atoms with E-state index in [2.05, 4.69) is 88.3 Å². The Labute approximate surface area is 241 Å². The van der Waals surface area contributed by atoms with Gasteiger partial charge in [0.15, 0.2) is 0 Å². The molecule has 6 heteroatoms. The molecule has 1 unspecified atom stereocenters. The number of nitrogens with one attached hydrogen (secondary N) is 1. The molecule has 1 saturated heterocycles. The molecule has 1 heterocycles. The monoisotopic (exact) mass is 562 g/mol. The fourth-order valence-corrected chi connectivity index (χ4v) is 11.4. The molecule has 40 heavy (non-hydrogen) atoms. The van der Waals surface area contributed by atoms with Crippen LogP contribution in [0.4, 0.5) is 0 Å². The molecule has 0 aliphatic carbocycles. The first-order chi connectivity index (χ1) is 19.0. The summed E-state index contributed by atoms with van der Waals surface area (Å²) in [6.45, 7) is 8.78. The third kappa shape index (κ3) is 5.95. The molecule has 5 nitrogen and oxygen atoms in total. The molecule has 3 aromatic rings. The number of hydrogen-bond acceptors (Lipinski definition) is 5. The van der Waals surface area contributed by atoms with Gasteiger partial charge in [-0.2, -0.15) is 0 Å². The summed E-state index contributed by atoms with van der Waals surface area (Å²) in [6.07, 6.45) is 1.72. The van der Waals surface area contributed by atoms with Crippen LogP contribution in [-0.4, -0.2) is 49.1 Å². The van der Waals surface area contributed by atoms with Crippen molar-refractivity contribution in [1.82, 2.24) is 10.2 Å². The fourth-order valence-electron chi connectivity index (χ4n) is 5.59. The van der Waals surface area contributed by atoms with Crippen molar-refractivity contribution in [3.05, 3.63) is 91.0 Å². The number of ether oxygens (including phenoxy) is 1. The minimum atomic E-state index is -4.09. The van der Waals surface area contributed by atoms with Crippen LogP contribution in [0.5, 0.6) is 0 Å². The van der Waals surface area contributed by atoms with Crippen molar-refractivity contribution in [3.63, 3.8) is 0 Å². The van der Waals surface area contributed by atoms with E-state index < -0.39 is 6.83 Å². The number of hydrogen-bond donors (Lipinski definition) is 1. The summed E-state index contributed by atoms with van der Waals surface area (Å²) in [4.78, 5) is 17.2. The Kier molecular flexibility index (Phi) is 9.34. The maximum absolute atomic E-state index is 15.0. The van der Waals surface area contributed by atoms with E-state index in [1.807, 2.05) is 54.6 Å². The predicted octanol–water partition coefficient (Wildman–Crippen LogP) is 5.80.